The summed E-state index contributed by atoms with van der Waals surface area (Å²) in [6.45, 7) is 3.17. The van der Waals surface area contributed by atoms with Crippen molar-refractivity contribution in [1.29, 1.82) is 0 Å². The Labute approximate surface area is 150 Å². The van der Waals surface area contributed by atoms with E-state index in [2.05, 4.69) is 16.0 Å². The molecule has 7 heteroatoms. The number of benzene rings is 2. The van der Waals surface area contributed by atoms with Crippen molar-refractivity contribution in [1.82, 2.24) is 0 Å². The monoisotopic (exact) mass is 365 g/mol. The molecule has 5 nitrogen and oxygen atoms in total. The standard InChI is InChI=1S/C17H17Cl2N3O2/c1-10(17(24)22-16-7-12(18)6-13(19)8-16)20-14-4-3-5-15(9-14)21-11(2)23/h3-10,20H,1-2H3,(H,21,23)(H,22,24). The zero-order valence-electron chi connectivity index (χ0n) is 13.2. The molecule has 3 N–H and O–H groups in total. The smallest absolute Gasteiger partial charge is 0.246 e. The van der Waals surface area contributed by atoms with Gasteiger partial charge in [0.1, 0.15) is 6.04 Å². The number of rotatable bonds is 5. The van der Waals surface area contributed by atoms with Gasteiger partial charge in [0.05, 0.1) is 0 Å². The summed E-state index contributed by atoms with van der Waals surface area (Å²) >= 11 is 11.8. The zero-order chi connectivity index (χ0) is 17.7. The summed E-state index contributed by atoms with van der Waals surface area (Å²) in [6, 6.07) is 11.4. The third-order valence-electron chi connectivity index (χ3n) is 3.09. The lowest BCUT2D eigenvalue weighted by molar-refractivity contribution is -0.116. The summed E-state index contributed by atoms with van der Waals surface area (Å²) < 4.78 is 0. The molecule has 0 aliphatic rings. The van der Waals surface area contributed by atoms with Crippen molar-refractivity contribution in [3.63, 3.8) is 0 Å². The number of nitrogens with one attached hydrogen (secondary N) is 3. The second kappa shape index (κ2) is 8.04. The van der Waals surface area contributed by atoms with Gasteiger partial charge < -0.3 is 16.0 Å². The van der Waals surface area contributed by atoms with Crippen LogP contribution >= 0.6 is 23.2 Å². The Kier molecular flexibility index (Phi) is 6.06. The van der Waals surface area contributed by atoms with Crippen molar-refractivity contribution in [3.8, 4) is 0 Å². The molecule has 0 fully saturated rings. The highest BCUT2D eigenvalue weighted by molar-refractivity contribution is 6.35. The van der Waals surface area contributed by atoms with E-state index in [0.717, 1.165) is 0 Å². The van der Waals surface area contributed by atoms with Crippen molar-refractivity contribution in [2.45, 2.75) is 19.9 Å². The number of hydrogen-bond donors (Lipinski definition) is 3. The van der Waals surface area contributed by atoms with Gasteiger partial charge in [0.15, 0.2) is 0 Å². The second-order valence-corrected chi connectivity index (χ2v) is 6.15. The Balaban J connectivity index is 2.02. The van der Waals surface area contributed by atoms with Gasteiger partial charge in [-0.1, -0.05) is 29.3 Å². The van der Waals surface area contributed by atoms with Crippen LogP contribution in [0.3, 0.4) is 0 Å². The minimum atomic E-state index is -0.504. The number of amides is 2. The van der Waals surface area contributed by atoms with Crippen molar-refractivity contribution in [2.24, 2.45) is 0 Å². The van der Waals surface area contributed by atoms with Gasteiger partial charge in [0.25, 0.3) is 0 Å². The molecule has 1 atom stereocenters. The Morgan fingerprint density at radius 1 is 0.917 bits per heavy atom. The first-order chi connectivity index (χ1) is 11.3. The lowest BCUT2D eigenvalue weighted by Crippen LogP contribution is -2.31. The summed E-state index contributed by atoms with van der Waals surface area (Å²) in [4.78, 5) is 23.4. The fourth-order valence-corrected chi connectivity index (χ4v) is 2.61. The first kappa shape index (κ1) is 18.1. The van der Waals surface area contributed by atoms with Gasteiger partial charge in [-0.05, 0) is 43.3 Å². The second-order valence-electron chi connectivity index (χ2n) is 5.28. The predicted octanol–water partition coefficient (Wildman–Crippen LogP) is 4.39. The van der Waals surface area contributed by atoms with Gasteiger partial charge in [-0.15, -0.1) is 0 Å². The van der Waals surface area contributed by atoms with Crippen LogP contribution in [0.2, 0.25) is 10.0 Å². The molecule has 0 saturated heterocycles. The normalized spacial score (nSPS) is 11.5. The molecular formula is C17H17Cl2N3O2. The molecule has 0 radical (unpaired) electrons. The molecule has 1 unspecified atom stereocenters. The Morgan fingerprint density at radius 2 is 1.54 bits per heavy atom. The molecule has 24 heavy (non-hydrogen) atoms. The van der Waals surface area contributed by atoms with E-state index < -0.39 is 6.04 Å². The van der Waals surface area contributed by atoms with E-state index in [9.17, 15) is 9.59 Å². The molecule has 0 aliphatic carbocycles. The molecule has 0 aliphatic heterocycles. The first-order valence-corrected chi connectivity index (χ1v) is 8.00. The number of halogens is 2. The maximum atomic E-state index is 12.3. The quantitative estimate of drug-likeness (QED) is 0.735. The van der Waals surface area contributed by atoms with Crippen LogP contribution in [0.25, 0.3) is 0 Å². The summed E-state index contributed by atoms with van der Waals surface area (Å²) in [5.74, 6) is -0.394. The van der Waals surface area contributed by atoms with Crippen molar-refractivity contribution in [2.75, 3.05) is 16.0 Å². The average Bonchev–Trinajstić information content (AvgIpc) is 2.45. The molecule has 0 spiro atoms. The van der Waals surface area contributed by atoms with Crippen LogP contribution in [0.15, 0.2) is 42.5 Å². The zero-order valence-corrected chi connectivity index (χ0v) is 14.7. The van der Waals surface area contributed by atoms with Crippen LogP contribution in [-0.2, 0) is 9.59 Å². The maximum absolute atomic E-state index is 12.3. The minimum Gasteiger partial charge on any atom is -0.374 e. The molecule has 126 valence electrons. The topological polar surface area (TPSA) is 70.2 Å². The molecule has 0 heterocycles. The number of carbonyl (C=O) groups is 2. The lowest BCUT2D eigenvalue weighted by atomic mass is 10.2. The van der Waals surface area contributed by atoms with Crippen LogP contribution in [-0.4, -0.2) is 17.9 Å². The van der Waals surface area contributed by atoms with E-state index in [0.29, 0.717) is 27.1 Å². The van der Waals surface area contributed by atoms with Gasteiger partial charge in [-0.3, -0.25) is 9.59 Å². The molecule has 2 amide bonds. The maximum Gasteiger partial charge on any atom is 0.246 e. The Bertz CT molecular complexity index is 745. The van der Waals surface area contributed by atoms with Crippen LogP contribution in [0.1, 0.15) is 13.8 Å². The van der Waals surface area contributed by atoms with Crippen LogP contribution < -0.4 is 16.0 Å². The van der Waals surface area contributed by atoms with Crippen molar-refractivity contribution < 1.29 is 9.59 Å². The first-order valence-electron chi connectivity index (χ1n) is 7.24. The fraction of sp³-hybridized carbons (Fsp3) is 0.176. The van der Waals surface area contributed by atoms with E-state index in [-0.39, 0.29) is 11.8 Å². The van der Waals surface area contributed by atoms with Gasteiger partial charge in [0, 0.05) is 34.0 Å². The molecule has 0 bridgehead atoms. The SMILES string of the molecule is CC(=O)Nc1cccc(NC(C)C(=O)Nc2cc(Cl)cc(Cl)c2)c1. The van der Waals surface area contributed by atoms with E-state index in [4.69, 9.17) is 23.2 Å². The third kappa shape index (κ3) is 5.44. The summed E-state index contributed by atoms with van der Waals surface area (Å²) in [5, 5.41) is 9.41. The van der Waals surface area contributed by atoms with Crippen molar-refractivity contribution in [3.05, 3.63) is 52.5 Å². The predicted molar refractivity (Wildman–Crippen MR) is 98.9 cm³/mol. The van der Waals surface area contributed by atoms with Crippen LogP contribution in [0.5, 0.6) is 0 Å². The van der Waals surface area contributed by atoms with Gasteiger partial charge in [-0.25, -0.2) is 0 Å². The number of carbonyl (C=O) groups excluding carboxylic acids is 2. The number of hydrogen-bond acceptors (Lipinski definition) is 3. The summed E-state index contributed by atoms with van der Waals surface area (Å²) in [7, 11) is 0. The molecular weight excluding hydrogens is 349 g/mol. The van der Waals surface area contributed by atoms with E-state index in [1.165, 1.54) is 6.92 Å². The van der Waals surface area contributed by atoms with Gasteiger partial charge >= 0.3 is 0 Å². The molecule has 0 aromatic heterocycles. The Hall–Kier alpha value is -2.24. The molecule has 2 rings (SSSR count). The van der Waals surface area contributed by atoms with Gasteiger partial charge in [-0.2, -0.15) is 0 Å². The third-order valence-corrected chi connectivity index (χ3v) is 3.53. The van der Waals surface area contributed by atoms with Gasteiger partial charge in [0.2, 0.25) is 11.8 Å². The largest absolute Gasteiger partial charge is 0.374 e. The Morgan fingerprint density at radius 3 is 2.17 bits per heavy atom. The van der Waals surface area contributed by atoms with E-state index in [1.54, 1.807) is 43.3 Å². The highest BCUT2D eigenvalue weighted by Crippen LogP contribution is 2.23. The molecule has 0 saturated carbocycles. The highest BCUT2D eigenvalue weighted by atomic mass is 35.5. The van der Waals surface area contributed by atoms with E-state index >= 15 is 0 Å². The van der Waals surface area contributed by atoms with Crippen LogP contribution in [0.4, 0.5) is 17.1 Å². The van der Waals surface area contributed by atoms with E-state index in [1.807, 2.05) is 6.07 Å². The highest BCUT2D eigenvalue weighted by Gasteiger charge is 2.13. The molecule has 2 aromatic rings. The number of anilines is 3. The summed E-state index contributed by atoms with van der Waals surface area (Å²) in [6.07, 6.45) is 0. The average molecular weight is 366 g/mol. The van der Waals surface area contributed by atoms with Crippen LogP contribution in [0, 0.1) is 0 Å². The molecule has 2 aromatic carbocycles. The fourth-order valence-electron chi connectivity index (χ4n) is 2.08. The summed E-state index contributed by atoms with van der Waals surface area (Å²) in [5.41, 5.74) is 1.90. The van der Waals surface area contributed by atoms with Crippen molar-refractivity contribution >= 4 is 52.1 Å². The minimum absolute atomic E-state index is 0.157. The lowest BCUT2D eigenvalue weighted by Gasteiger charge is -2.16.